The van der Waals surface area contributed by atoms with Crippen LogP contribution in [0.3, 0.4) is 0 Å². The zero-order valence-corrected chi connectivity index (χ0v) is 17.6. The average Bonchev–Trinajstić information content (AvgIpc) is 2.72. The predicted octanol–water partition coefficient (Wildman–Crippen LogP) is 6.19. The molecule has 4 aromatic carbocycles. The van der Waals surface area contributed by atoms with Crippen molar-refractivity contribution < 1.29 is 0 Å². The van der Waals surface area contributed by atoms with Crippen molar-refractivity contribution in [2.75, 3.05) is 0 Å². The quantitative estimate of drug-likeness (QED) is 0.295. The first-order valence-corrected chi connectivity index (χ1v) is 8.80. The zero-order chi connectivity index (χ0) is 17.9. The van der Waals surface area contributed by atoms with E-state index in [9.17, 15) is 0 Å². The minimum atomic E-state index is 0. The predicted molar refractivity (Wildman–Crippen MR) is 117 cm³/mol. The summed E-state index contributed by atoms with van der Waals surface area (Å²) in [5.74, 6) is 0. The van der Waals surface area contributed by atoms with Crippen LogP contribution < -0.4 is 0 Å². The molecule has 0 amide bonds. The molecule has 27 heavy (non-hydrogen) atoms. The van der Waals surface area contributed by atoms with E-state index in [0.29, 0.717) is 0 Å². The molecule has 0 saturated carbocycles. The van der Waals surface area contributed by atoms with Crippen LogP contribution in [0.5, 0.6) is 0 Å². The molecule has 0 aliphatic carbocycles. The summed E-state index contributed by atoms with van der Waals surface area (Å²) < 4.78 is 0. The molecule has 0 radical (unpaired) electrons. The smallest absolute Gasteiger partial charge is 0.126 e. The molecule has 0 nitrogen and oxygen atoms in total. The van der Waals surface area contributed by atoms with Gasteiger partial charge in [-0.3, -0.25) is 0 Å². The standard InChI is InChI=1S/2C13H11.Ca/c2*1-3-7-12(8-4-1)11-13-9-5-2-6-10-13;/h2*1-11H;/q2*-1;+2. The Bertz CT molecular complexity index is 705. The molecule has 0 bridgehead atoms. The van der Waals surface area contributed by atoms with Crippen LogP contribution >= 0.6 is 0 Å². The number of hydrogen-bond acceptors (Lipinski definition) is 0. The average molecular weight is 375 g/mol. The van der Waals surface area contributed by atoms with Crippen molar-refractivity contribution >= 4 is 37.7 Å². The minimum absolute atomic E-state index is 0. The van der Waals surface area contributed by atoms with Gasteiger partial charge in [-0.2, -0.15) is 0 Å². The Morgan fingerprint density at radius 1 is 0.296 bits per heavy atom. The number of benzene rings is 4. The molecule has 0 unspecified atom stereocenters. The van der Waals surface area contributed by atoms with Crippen molar-refractivity contribution in [2.24, 2.45) is 0 Å². The first kappa shape index (κ1) is 21.2. The van der Waals surface area contributed by atoms with Gasteiger partial charge in [0.2, 0.25) is 0 Å². The third kappa shape index (κ3) is 7.97. The summed E-state index contributed by atoms with van der Waals surface area (Å²) in [6, 6.07) is 41.4. The third-order valence-corrected chi connectivity index (χ3v) is 3.86. The van der Waals surface area contributed by atoms with Crippen LogP contribution in [0, 0.1) is 12.8 Å². The second-order valence-electron chi connectivity index (χ2n) is 5.93. The molecular formula is C26H22Ca. The van der Waals surface area contributed by atoms with Gasteiger partial charge in [0.15, 0.2) is 0 Å². The fourth-order valence-electron chi connectivity index (χ4n) is 2.58. The molecule has 0 N–H and O–H groups in total. The summed E-state index contributed by atoms with van der Waals surface area (Å²) >= 11 is 0. The van der Waals surface area contributed by atoms with Gasteiger partial charge in [0, 0.05) is 0 Å². The van der Waals surface area contributed by atoms with Gasteiger partial charge in [0.1, 0.15) is 0 Å². The van der Waals surface area contributed by atoms with Gasteiger partial charge >= 0.3 is 37.7 Å². The molecule has 0 heterocycles. The van der Waals surface area contributed by atoms with Crippen LogP contribution in [0.2, 0.25) is 0 Å². The van der Waals surface area contributed by atoms with E-state index in [1.165, 1.54) is 22.3 Å². The van der Waals surface area contributed by atoms with Gasteiger partial charge in [-0.15, -0.1) is 83.6 Å². The Morgan fingerprint density at radius 3 is 0.667 bits per heavy atom. The topological polar surface area (TPSA) is 0 Å². The maximum absolute atomic E-state index is 2.17. The first-order chi connectivity index (χ1) is 12.9. The second kappa shape index (κ2) is 12.3. The molecule has 0 aliphatic heterocycles. The summed E-state index contributed by atoms with van der Waals surface area (Å²) in [4.78, 5) is 0. The van der Waals surface area contributed by atoms with Crippen LogP contribution in [-0.4, -0.2) is 37.7 Å². The molecule has 4 rings (SSSR count). The van der Waals surface area contributed by atoms with Gasteiger partial charge in [0.05, 0.1) is 0 Å². The second-order valence-corrected chi connectivity index (χ2v) is 5.93. The Balaban J connectivity index is 0.000000187. The fourth-order valence-corrected chi connectivity index (χ4v) is 2.58. The Hall–Kier alpha value is -2.12. The van der Waals surface area contributed by atoms with Crippen LogP contribution in [-0.2, 0) is 0 Å². The molecule has 0 fully saturated rings. The van der Waals surface area contributed by atoms with Gasteiger partial charge < -0.3 is 0 Å². The summed E-state index contributed by atoms with van der Waals surface area (Å²) in [5, 5.41) is 0. The van der Waals surface area contributed by atoms with E-state index in [1.807, 2.05) is 24.3 Å². The van der Waals surface area contributed by atoms with E-state index >= 15 is 0 Å². The van der Waals surface area contributed by atoms with Crippen molar-refractivity contribution in [3.05, 3.63) is 156 Å². The summed E-state index contributed by atoms with van der Waals surface area (Å²) in [5.41, 5.74) is 4.98. The maximum Gasteiger partial charge on any atom is 2.00 e. The summed E-state index contributed by atoms with van der Waals surface area (Å²) in [6.07, 6.45) is 4.33. The Morgan fingerprint density at radius 2 is 0.481 bits per heavy atom. The monoisotopic (exact) mass is 374 g/mol. The molecule has 0 saturated heterocycles. The zero-order valence-electron chi connectivity index (χ0n) is 15.4. The molecule has 0 atom stereocenters. The maximum atomic E-state index is 2.17. The Kier molecular flexibility index (Phi) is 9.65. The largest absolute Gasteiger partial charge is 2.00 e. The molecule has 0 spiro atoms. The third-order valence-electron chi connectivity index (χ3n) is 3.86. The van der Waals surface area contributed by atoms with E-state index in [-0.39, 0.29) is 37.7 Å². The van der Waals surface area contributed by atoms with Crippen molar-refractivity contribution in [1.82, 2.24) is 0 Å². The van der Waals surface area contributed by atoms with Crippen molar-refractivity contribution in [3.8, 4) is 0 Å². The van der Waals surface area contributed by atoms with Crippen LogP contribution in [0.25, 0.3) is 0 Å². The minimum Gasteiger partial charge on any atom is -0.126 e. The first-order valence-electron chi connectivity index (χ1n) is 8.80. The van der Waals surface area contributed by atoms with Crippen molar-refractivity contribution in [3.63, 3.8) is 0 Å². The van der Waals surface area contributed by atoms with Crippen LogP contribution in [0.1, 0.15) is 22.3 Å². The van der Waals surface area contributed by atoms with Gasteiger partial charge in [0.25, 0.3) is 0 Å². The molecule has 4 aromatic rings. The summed E-state index contributed by atoms with van der Waals surface area (Å²) in [7, 11) is 0. The van der Waals surface area contributed by atoms with Crippen LogP contribution in [0.4, 0.5) is 0 Å². The fraction of sp³-hybridized carbons (Fsp3) is 0. The van der Waals surface area contributed by atoms with Crippen molar-refractivity contribution in [2.45, 2.75) is 0 Å². The SMILES string of the molecule is [Ca+2].c1ccc([CH-]c2ccccc2)cc1.c1ccc([CH-]c2ccccc2)cc1. The summed E-state index contributed by atoms with van der Waals surface area (Å²) in [6.45, 7) is 0. The van der Waals surface area contributed by atoms with Gasteiger partial charge in [-0.25, -0.2) is 0 Å². The Labute approximate surface area is 192 Å². The normalized spacial score (nSPS) is 9.19. The van der Waals surface area contributed by atoms with Crippen LogP contribution in [0.15, 0.2) is 121 Å². The van der Waals surface area contributed by atoms with E-state index in [2.05, 4.69) is 110 Å². The van der Waals surface area contributed by atoms with E-state index in [0.717, 1.165) is 0 Å². The van der Waals surface area contributed by atoms with Gasteiger partial charge in [-0.05, 0) is 0 Å². The van der Waals surface area contributed by atoms with E-state index < -0.39 is 0 Å². The molecular weight excluding hydrogens is 352 g/mol. The van der Waals surface area contributed by atoms with E-state index in [4.69, 9.17) is 0 Å². The molecule has 0 aliphatic rings. The van der Waals surface area contributed by atoms with Gasteiger partial charge in [-0.1, -0.05) is 72.8 Å². The molecule has 0 aromatic heterocycles. The number of hydrogen-bond donors (Lipinski definition) is 0. The van der Waals surface area contributed by atoms with E-state index in [1.54, 1.807) is 0 Å². The molecule has 128 valence electrons. The molecule has 1 heteroatoms. The van der Waals surface area contributed by atoms with Crippen molar-refractivity contribution in [1.29, 1.82) is 0 Å². The number of rotatable bonds is 4.